The molecular formula is C68H74N2O12. The molecule has 5 fully saturated rings. The molecule has 12 atom stereocenters. The van der Waals surface area contributed by atoms with Gasteiger partial charge in [-0.1, -0.05) is 102 Å². The van der Waals surface area contributed by atoms with Crippen molar-refractivity contribution in [3.05, 3.63) is 153 Å². The van der Waals surface area contributed by atoms with Gasteiger partial charge in [-0.15, -0.1) is 0 Å². The number of hydrogen-bond donors (Lipinski definition) is 4. The molecule has 6 aliphatic heterocycles. The molecule has 0 radical (unpaired) electrons. The largest absolute Gasteiger partial charge is 0.482 e. The van der Waals surface area contributed by atoms with E-state index in [1.54, 1.807) is 6.92 Å². The quantitative estimate of drug-likeness (QED) is 0.0685. The Morgan fingerprint density at radius 3 is 1.96 bits per heavy atom. The van der Waals surface area contributed by atoms with E-state index in [2.05, 4.69) is 73.4 Å². The first kappa shape index (κ1) is 54.7. The molecule has 1 amide bonds. The van der Waals surface area contributed by atoms with Gasteiger partial charge in [-0.3, -0.25) is 19.3 Å². The normalized spacial score (nSPS) is 31.9. The Morgan fingerprint density at radius 2 is 1.37 bits per heavy atom. The van der Waals surface area contributed by atoms with Crippen LogP contribution in [0.4, 0.5) is 0 Å². The summed E-state index contributed by atoms with van der Waals surface area (Å²) < 4.78 is 35.7. The molecule has 3 aliphatic carbocycles. The van der Waals surface area contributed by atoms with Crippen molar-refractivity contribution >= 4 is 45.1 Å². The number of aliphatic hydroxyl groups excluding tert-OH is 4. The lowest BCUT2D eigenvalue weighted by atomic mass is 9.44. The number of aliphatic hydroxyl groups is 4. The molecule has 0 aromatic heterocycles. The fourth-order valence-corrected chi connectivity index (χ4v) is 15.7. The van der Waals surface area contributed by atoms with Gasteiger partial charge in [0, 0.05) is 61.6 Å². The van der Waals surface area contributed by atoms with E-state index in [0.717, 1.165) is 49.6 Å². The Hall–Kier alpha value is -6.49. The zero-order valence-electron chi connectivity index (χ0n) is 48.0. The summed E-state index contributed by atoms with van der Waals surface area (Å²) in [6, 6.07) is 24.2. The maximum Gasteiger partial charge on any atom is 0.249 e. The first-order valence-electron chi connectivity index (χ1n) is 29.2. The van der Waals surface area contributed by atoms with Crippen LogP contribution >= 0.6 is 0 Å². The molecule has 5 aromatic carbocycles. The summed E-state index contributed by atoms with van der Waals surface area (Å²) in [6.07, 6.45) is 3.42. The Bertz CT molecular complexity index is 3560. The van der Waals surface area contributed by atoms with Crippen LogP contribution in [0, 0.1) is 17.8 Å². The van der Waals surface area contributed by atoms with E-state index >= 15 is 9.59 Å². The van der Waals surface area contributed by atoms with Gasteiger partial charge in [0.05, 0.1) is 23.7 Å². The van der Waals surface area contributed by atoms with E-state index in [0.29, 0.717) is 67.9 Å². The number of amides is 1. The van der Waals surface area contributed by atoms with Gasteiger partial charge in [0.1, 0.15) is 52.8 Å². The van der Waals surface area contributed by atoms with Crippen molar-refractivity contribution in [3.63, 3.8) is 0 Å². The predicted octanol–water partition coefficient (Wildman–Crippen LogP) is 9.55. The number of fused-ring (bicyclic) bond motifs is 2. The van der Waals surface area contributed by atoms with E-state index in [4.69, 9.17) is 23.7 Å². The van der Waals surface area contributed by atoms with Crippen LogP contribution in [0.15, 0.2) is 114 Å². The van der Waals surface area contributed by atoms with Gasteiger partial charge in [0.15, 0.2) is 22.8 Å². The monoisotopic (exact) mass is 1110 g/mol. The molecule has 5 aromatic rings. The molecule has 14 nitrogen and oxygen atoms in total. The Morgan fingerprint density at radius 1 is 0.756 bits per heavy atom. The highest BCUT2D eigenvalue weighted by Gasteiger charge is 2.86. The molecule has 6 heterocycles. The maximum atomic E-state index is 17.3. The lowest BCUT2D eigenvalue weighted by Gasteiger charge is -2.64. The van der Waals surface area contributed by atoms with Crippen LogP contribution in [-0.4, -0.2) is 113 Å². The average molecular weight is 1110 g/mol. The molecule has 7 unspecified atom stereocenters. The molecule has 4 bridgehead atoms. The summed E-state index contributed by atoms with van der Waals surface area (Å²) in [7, 11) is 0. The summed E-state index contributed by atoms with van der Waals surface area (Å²) in [5, 5.41) is 48.8. The van der Waals surface area contributed by atoms with Crippen LogP contribution in [0.5, 0.6) is 17.2 Å². The maximum absolute atomic E-state index is 17.3. The number of allylic oxidation sites excluding steroid dienone is 4. The number of rotatable bonds is 12. The fourth-order valence-electron chi connectivity index (χ4n) is 15.7. The molecular weight excluding hydrogens is 1040 g/mol. The van der Waals surface area contributed by atoms with Gasteiger partial charge >= 0.3 is 0 Å². The van der Waals surface area contributed by atoms with E-state index in [-0.39, 0.29) is 47.4 Å². The molecule has 82 heavy (non-hydrogen) atoms. The van der Waals surface area contributed by atoms with Crippen LogP contribution in [0.1, 0.15) is 125 Å². The second-order valence-electron chi connectivity index (χ2n) is 25.7. The fraction of sp³-hybridized carbons (Fsp3) is 0.456. The minimum Gasteiger partial charge on any atom is -0.482 e. The van der Waals surface area contributed by atoms with E-state index in [1.165, 1.54) is 5.39 Å². The molecule has 3 saturated carbocycles. The topological polar surface area (TPSA) is 185 Å². The van der Waals surface area contributed by atoms with Crippen molar-refractivity contribution in [2.75, 3.05) is 6.61 Å². The van der Waals surface area contributed by atoms with Crippen molar-refractivity contribution in [2.45, 2.75) is 173 Å². The number of carbonyl (C=O) groups is 3. The third kappa shape index (κ3) is 8.24. The van der Waals surface area contributed by atoms with Crippen molar-refractivity contribution < 1.29 is 58.5 Å². The van der Waals surface area contributed by atoms with Crippen molar-refractivity contribution in [3.8, 4) is 17.2 Å². The van der Waals surface area contributed by atoms with Crippen LogP contribution < -0.4 is 14.2 Å². The summed E-state index contributed by atoms with van der Waals surface area (Å²) >= 11 is 0. The van der Waals surface area contributed by atoms with E-state index in [9.17, 15) is 25.2 Å². The van der Waals surface area contributed by atoms with Crippen LogP contribution in [0.3, 0.4) is 0 Å². The predicted molar refractivity (Wildman–Crippen MR) is 310 cm³/mol. The third-order valence-electron chi connectivity index (χ3n) is 19.5. The lowest BCUT2D eigenvalue weighted by Crippen LogP contribution is -2.82. The SMILES string of the molecule is CC(C)=CCCC1(C)C=Cc2c(c(CC=C(C)C)c3c(c2O[C@@H]2O[C@H](CO)[C@@H](O)[C@@H](O)[C@H]2O)C(=O)C2C(N4Cc5cccc6cccc(c56)C4)C4CC5C(C)(C)OC(C/C=C(/C)C(=O)N6Cc7cccc8cccc(c78)C6)(C4=O)C25O3)O1. The molecule has 14 rings (SSSR count). The molecule has 428 valence electrons. The van der Waals surface area contributed by atoms with Gasteiger partial charge in [-0.2, -0.15) is 0 Å². The number of Topliss-reactive ketones (excluding diaryl/α,β-unsaturated/α-hetero) is 2. The molecule has 2 saturated heterocycles. The van der Waals surface area contributed by atoms with Gasteiger partial charge in [0.2, 0.25) is 12.2 Å². The number of nitrogens with zero attached hydrogens (tertiary/aromatic N) is 2. The van der Waals surface area contributed by atoms with Crippen molar-refractivity contribution in [1.29, 1.82) is 0 Å². The van der Waals surface area contributed by atoms with Gasteiger partial charge in [-0.25, -0.2) is 0 Å². The first-order valence-corrected chi connectivity index (χ1v) is 29.2. The van der Waals surface area contributed by atoms with Crippen LogP contribution in [-0.2, 0) is 51.7 Å². The number of hydrogen-bond acceptors (Lipinski definition) is 13. The smallest absolute Gasteiger partial charge is 0.249 e. The zero-order valence-corrected chi connectivity index (χ0v) is 48.0. The van der Waals surface area contributed by atoms with E-state index in [1.807, 2.05) is 88.1 Å². The zero-order chi connectivity index (χ0) is 57.5. The average Bonchev–Trinajstić information content (AvgIpc) is 1.77. The Kier molecular flexibility index (Phi) is 13.2. The minimum absolute atomic E-state index is 0.0280. The highest BCUT2D eigenvalue weighted by atomic mass is 16.7. The summed E-state index contributed by atoms with van der Waals surface area (Å²) in [6.45, 7) is 16.9. The Balaban J connectivity index is 1.01. The third-order valence-corrected chi connectivity index (χ3v) is 19.5. The Labute approximate surface area is 478 Å². The second kappa shape index (κ2) is 19.8. The molecule has 1 spiro atoms. The summed E-state index contributed by atoms with van der Waals surface area (Å²) in [4.78, 5) is 52.8. The highest BCUT2D eigenvalue weighted by molar-refractivity contribution is 6.11. The summed E-state index contributed by atoms with van der Waals surface area (Å²) in [5.41, 5.74) is 2.52. The first-order chi connectivity index (χ1) is 39.2. The van der Waals surface area contributed by atoms with Crippen LogP contribution in [0.2, 0.25) is 0 Å². The van der Waals surface area contributed by atoms with Gasteiger partial charge in [0.25, 0.3) is 0 Å². The minimum atomic E-state index is -1.82. The second-order valence-corrected chi connectivity index (χ2v) is 25.7. The molecule has 9 aliphatic rings. The lowest BCUT2D eigenvalue weighted by molar-refractivity contribution is -0.277. The number of ether oxygens (including phenoxy) is 5. The molecule has 4 N–H and O–H groups in total. The molecule has 14 heteroatoms. The number of ketones is 2. The highest BCUT2D eigenvalue weighted by Crippen LogP contribution is 2.71. The van der Waals surface area contributed by atoms with Gasteiger partial charge in [-0.05, 0) is 137 Å². The van der Waals surface area contributed by atoms with E-state index < -0.39 is 83.5 Å². The van der Waals surface area contributed by atoms with Gasteiger partial charge < -0.3 is 49.0 Å². The number of carbonyl (C=O) groups excluding carboxylic acids is 3. The summed E-state index contributed by atoms with van der Waals surface area (Å²) in [5.74, 6) is -2.54. The van der Waals surface area contributed by atoms with Crippen LogP contribution in [0.25, 0.3) is 27.6 Å². The standard InChI is InChI=1S/C68H74N2O12/c1-36(2)14-13-27-66(8)28-26-46-59(80-66)45(24-23-37(3)4)61-52(60(46)79-64-58(75)57(74)55(72)48(35-71)78-64)56(73)53-54(69-31-41-19-9-15-39-16-10-20-42(32-69)50(39)41)47-30-49-65(6,7)82-67(62(47)76,68(49,53)81-61)29-25-38(5)63(77)70-33-43-21-11-17-40-18-12-22-44(34-70)51(40)43/h9-12,14-23,25-26,28,47-49,53-55,57-58,64,71-72,74-75H,13,24,27,29-35H2,1-8H3/b38-25-/t47?,48-,49?,53?,54?,55-,57-,58-,64+,66?,67?,68?/m1/s1. The number of benzene rings is 5. The van der Waals surface area contributed by atoms with Crippen molar-refractivity contribution in [1.82, 2.24) is 9.80 Å². The van der Waals surface area contributed by atoms with Crippen molar-refractivity contribution in [2.24, 2.45) is 17.8 Å².